The van der Waals surface area contributed by atoms with Gasteiger partial charge in [-0.1, -0.05) is 29.8 Å². The Kier molecular flexibility index (Phi) is 7.70. The topological polar surface area (TPSA) is 80.7 Å². The van der Waals surface area contributed by atoms with Gasteiger partial charge in [-0.2, -0.15) is 5.10 Å². The normalized spacial score (nSPS) is 17.2. The van der Waals surface area contributed by atoms with Crippen molar-refractivity contribution in [3.63, 3.8) is 0 Å². The van der Waals surface area contributed by atoms with Crippen LogP contribution < -0.4 is 9.47 Å². The number of hydrogen-bond donors (Lipinski definition) is 0. The van der Waals surface area contributed by atoms with E-state index in [1.54, 1.807) is 26.2 Å². The number of aryl methyl sites for hydroxylation is 1. The van der Waals surface area contributed by atoms with E-state index in [9.17, 15) is 9.59 Å². The number of benzene rings is 2. The zero-order valence-electron chi connectivity index (χ0n) is 20.8. The fourth-order valence-corrected chi connectivity index (χ4v) is 4.28. The van der Waals surface area contributed by atoms with Crippen LogP contribution in [0.25, 0.3) is 0 Å². The van der Waals surface area contributed by atoms with Gasteiger partial charge in [0.1, 0.15) is 18.0 Å². The molecule has 1 atom stereocenters. The lowest BCUT2D eigenvalue weighted by atomic mass is 9.97. The van der Waals surface area contributed by atoms with E-state index in [0.717, 1.165) is 35.2 Å². The van der Waals surface area contributed by atoms with Crippen molar-refractivity contribution in [2.24, 2.45) is 11.0 Å². The predicted molar refractivity (Wildman–Crippen MR) is 133 cm³/mol. The van der Waals surface area contributed by atoms with E-state index in [1.807, 2.05) is 49.4 Å². The van der Waals surface area contributed by atoms with Crippen molar-refractivity contribution < 1.29 is 23.8 Å². The van der Waals surface area contributed by atoms with Crippen molar-refractivity contribution in [1.29, 1.82) is 0 Å². The summed E-state index contributed by atoms with van der Waals surface area (Å²) in [7, 11) is 4.80. The number of methoxy groups -OCH3 is 3. The molecule has 1 unspecified atom stereocenters. The van der Waals surface area contributed by atoms with E-state index >= 15 is 0 Å². The lowest BCUT2D eigenvalue weighted by Gasteiger charge is -2.27. The molecule has 2 amide bonds. The number of rotatable bonds is 10. The minimum atomic E-state index is -0.273. The average Bonchev–Trinajstić information content (AvgIpc) is 3.64. The molecule has 2 aliphatic rings. The van der Waals surface area contributed by atoms with Crippen LogP contribution in [0.15, 0.2) is 47.6 Å². The number of hydrogen-bond acceptors (Lipinski definition) is 6. The van der Waals surface area contributed by atoms with Crippen molar-refractivity contribution in [1.82, 2.24) is 9.91 Å². The molecular weight excluding hydrogens is 446 g/mol. The Morgan fingerprint density at radius 2 is 1.80 bits per heavy atom. The van der Waals surface area contributed by atoms with Crippen LogP contribution in [0.3, 0.4) is 0 Å². The zero-order chi connectivity index (χ0) is 24.9. The summed E-state index contributed by atoms with van der Waals surface area (Å²) < 4.78 is 16.1. The molecule has 1 heterocycles. The summed E-state index contributed by atoms with van der Waals surface area (Å²) >= 11 is 0. The summed E-state index contributed by atoms with van der Waals surface area (Å²) in [6, 6.07) is 13.4. The standard InChI is InChI=1S/C27H33N3O5/c1-18-5-7-19(8-6-18)24-16-23(22-12-11-21(34-3)15-25(22)35-4)28-30(24)26(31)17-29(13-14-33-2)27(32)20-9-10-20/h5-8,11-12,15,20,24H,9-10,13-14,16-17H2,1-4H3. The summed E-state index contributed by atoms with van der Waals surface area (Å²) in [5.74, 6) is 1.13. The molecule has 0 spiro atoms. The maximum atomic E-state index is 13.6. The highest BCUT2D eigenvalue weighted by molar-refractivity contribution is 6.05. The van der Waals surface area contributed by atoms with Crippen LogP contribution in [0.4, 0.5) is 0 Å². The number of carbonyl (C=O) groups excluding carboxylic acids is 2. The molecular formula is C27H33N3O5. The van der Waals surface area contributed by atoms with Crippen molar-refractivity contribution in [3.8, 4) is 11.5 Å². The number of nitrogens with zero attached hydrogens (tertiary/aromatic N) is 3. The van der Waals surface area contributed by atoms with Crippen LogP contribution in [0.1, 0.15) is 42.0 Å². The predicted octanol–water partition coefficient (Wildman–Crippen LogP) is 3.57. The molecule has 8 heteroatoms. The van der Waals surface area contributed by atoms with Gasteiger partial charge in [0, 0.05) is 37.6 Å². The number of hydrazone groups is 1. The van der Waals surface area contributed by atoms with Crippen LogP contribution >= 0.6 is 0 Å². The molecule has 1 fully saturated rings. The number of amides is 2. The van der Waals surface area contributed by atoms with Crippen LogP contribution in [-0.4, -0.2) is 68.5 Å². The molecule has 1 aliphatic carbocycles. The molecule has 0 bridgehead atoms. The van der Waals surface area contributed by atoms with E-state index in [2.05, 4.69) is 0 Å². The van der Waals surface area contributed by atoms with E-state index in [-0.39, 0.29) is 30.3 Å². The Bertz CT molecular complexity index is 1090. The molecule has 1 saturated carbocycles. The first-order valence-corrected chi connectivity index (χ1v) is 11.9. The Morgan fingerprint density at radius 1 is 1.06 bits per heavy atom. The SMILES string of the molecule is COCCN(CC(=O)N1N=C(c2ccc(OC)cc2OC)CC1c1ccc(C)cc1)C(=O)C1CC1. The first kappa shape index (κ1) is 24.7. The molecule has 0 N–H and O–H groups in total. The monoisotopic (exact) mass is 479 g/mol. The van der Waals surface area contributed by atoms with Gasteiger partial charge in [-0.3, -0.25) is 9.59 Å². The molecule has 2 aromatic carbocycles. The van der Waals surface area contributed by atoms with Gasteiger partial charge in [-0.05, 0) is 37.5 Å². The quantitative estimate of drug-likeness (QED) is 0.520. The Labute approximate surface area is 206 Å². The first-order valence-electron chi connectivity index (χ1n) is 11.9. The Balaban J connectivity index is 1.64. The molecule has 186 valence electrons. The zero-order valence-corrected chi connectivity index (χ0v) is 20.8. The van der Waals surface area contributed by atoms with Crippen LogP contribution in [-0.2, 0) is 14.3 Å². The summed E-state index contributed by atoms with van der Waals surface area (Å²) in [5.41, 5.74) is 3.70. The average molecular weight is 480 g/mol. The van der Waals surface area contributed by atoms with Crippen molar-refractivity contribution in [2.75, 3.05) is 41.0 Å². The molecule has 0 aromatic heterocycles. The molecule has 35 heavy (non-hydrogen) atoms. The van der Waals surface area contributed by atoms with Crippen molar-refractivity contribution in [2.45, 2.75) is 32.2 Å². The van der Waals surface area contributed by atoms with E-state index in [4.69, 9.17) is 19.3 Å². The smallest absolute Gasteiger partial charge is 0.262 e. The fraction of sp³-hybridized carbons (Fsp3) is 0.444. The largest absolute Gasteiger partial charge is 0.497 e. The van der Waals surface area contributed by atoms with Gasteiger partial charge in [-0.15, -0.1) is 0 Å². The molecule has 2 aromatic rings. The number of ether oxygens (including phenoxy) is 3. The van der Waals surface area contributed by atoms with Gasteiger partial charge in [-0.25, -0.2) is 5.01 Å². The van der Waals surface area contributed by atoms with E-state index in [0.29, 0.717) is 31.1 Å². The molecule has 4 rings (SSSR count). The van der Waals surface area contributed by atoms with Gasteiger partial charge < -0.3 is 19.1 Å². The van der Waals surface area contributed by atoms with Crippen molar-refractivity contribution >= 4 is 17.5 Å². The highest BCUT2D eigenvalue weighted by Crippen LogP contribution is 2.37. The van der Waals surface area contributed by atoms with Gasteiger partial charge in [0.25, 0.3) is 5.91 Å². The molecule has 0 radical (unpaired) electrons. The lowest BCUT2D eigenvalue weighted by molar-refractivity contribution is -0.142. The van der Waals surface area contributed by atoms with E-state index in [1.165, 1.54) is 5.01 Å². The van der Waals surface area contributed by atoms with Crippen molar-refractivity contribution in [3.05, 3.63) is 59.2 Å². The highest BCUT2D eigenvalue weighted by Gasteiger charge is 2.38. The minimum absolute atomic E-state index is 0.0162. The third-order valence-electron chi connectivity index (χ3n) is 6.48. The summed E-state index contributed by atoms with van der Waals surface area (Å²) in [4.78, 5) is 28.0. The summed E-state index contributed by atoms with van der Waals surface area (Å²) in [6.07, 6.45) is 2.30. The second-order valence-electron chi connectivity index (χ2n) is 9.01. The second-order valence-corrected chi connectivity index (χ2v) is 9.01. The van der Waals surface area contributed by atoms with Gasteiger partial charge in [0.05, 0.1) is 32.6 Å². The third kappa shape index (κ3) is 5.65. The number of carbonyl (C=O) groups is 2. The van der Waals surface area contributed by atoms with Crippen LogP contribution in [0.2, 0.25) is 0 Å². The Hall–Kier alpha value is -3.39. The fourth-order valence-electron chi connectivity index (χ4n) is 4.28. The third-order valence-corrected chi connectivity index (χ3v) is 6.48. The second kappa shape index (κ2) is 10.9. The summed E-state index contributed by atoms with van der Waals surface area (Å²) in [6.45, 7) is 2.76. The summed E-state index contributed by atoms with van der Waals surface area (Å²) in [5, 5.41) is 6.30. The molecule has 0 saturated heterocycles. The maximum Gasteiger partial charge on any atom is 0.262 e. The van der Waals surface area contributed by atoms with Crippen LogP contribution in [0, 0.1) is 12.8 Å². The minimum Gasteiger partial charge on any atom is -0.497 e. The Morgan fingerprint density at radius 3 is 2.43 bits per heavy atom. The van der Waals surface area contributed by atoms with Crippen LogP contribution in [0.5, 0.6) is 11.5 Å². The molecule has 1 aliphatic heterocycles. The molecule has 8 nitrogen and oxygen atoms in total. The van der Waals surface area contributed by atoms with Gasteiger partial charge in [0.2, 0.25) is 5.91 Å². The highest BCUT2D eigenvalue weighted by atomic mass is 16.5. The van der Waals surface area contributed by atoms with E-state index < -0.39 is 0 Å². The van der Waals surface area contributed by atoms with Gasteiger partial charge >= 0.3 is 0 Å². The maximum absolute atomic E-state index is 13.6. The van der Waals surface area contributed by atoms with Gasteiger partial charge in [0.15, 0.2) is 0 Å². The first-order chi connectivity index (χ1) is 16.9. The lowest BCUT2D eigenvalue weighted by Crippen LogP contribution is -2.43.